The van der Waals surface area contributed by atoms with E-state index in [4.69, 9.17) is 4.74 Å². The van der Waals surface area contributed by atoms with Gasteiger partial charge in [0.25, 0.3) is 0 Å². The SMILES string of the molecule is COC1CC(N[C@@H](C)c2ccccn2)C1. The lowest BCUT2D eigenvalue weighted by Crippen LogP contribution is -2.45. The van der Waals surface area contributed by atoms with Gasteiger partial charge >= 0.3 is 0 Å². The second kappa shape index (κ2) is 4.73. The molecule has 0 aliphatic heterocycles. The average molecular weight is 206 g/mol. The molecule has 1 aliphatic rings. The summed E-state index contributed by atoms with van der Waals surface area (Å²) < 4.78 is 5.25. The minimum absolute atomic E-state index is 0.328. The Morgan fingerprint density at radius 1 is 1.47 bits per heavy atom. The summed E-state index contributed by atoms with van der Waals surface area (Å²) in [5.74, 6) is 0. The van der Waals surface area contributed by atoms with Gasteiger partial charge in [-0.15, -0.1) is 0 Å². The predicted molar refractivity (Wildman–Crippen MR) is 59.6 cm³/mol. The number of ether oxygens (including phenoxy) is 1. The van der Waals surface area contributed by atoms with E-state index in [-0.39, 0.29) is 0 Å². The van der Waals surface area contributed by atoms with Crippen LogP contribution in [0.15, 0.2) is 24.4 Å². The molecule has 1 aromatic rings. The predicted octanol–water partition coefficient (Wildman–Crippen LogP) is 1.91. The third kappa shape index (κ3) is 2.55. The number of aromatic nitrogens is 1. The molecule has 82 valence electrons. The third-order valence-corrected chi connectivity index (χ3v) is 3.05. The van der Waals surface area contributed by atoms with Gasteiger partial charge in [0.1, 0.15) is 0 Å². The molecule has 0 aromatic carbocycles. The highest BCUT2D eigenvalue weighted by Gasteiger charge is 2.29. The molecule has 0 radical (unpaired) electrons. The van der Waals surface area contributed by atoms with Gasteiger partial charge in [-0.2, -0.15) is 0 Å². The van der Waals surface area contributed by atoms with Gasteiger partial charge in [0.05, 0.1) is 11.8 Å². The molecule has 1 aromatic heterocycles. The van der Waals surface area contributed by atoms with E-state index in [0.29, 0.717) is 18.2 Å². The quantitative estimate of drug-likeness (QED) is 0.817. The van der Waals surface area contributed by atoms with Gasteiger partial charge in [-0.05, 0) is 31.9 Å². The number of pyridine rings is 1. The Balaban J connectivity index is 1.81. The maximum Gasteiger partial charge on any atom is 0.0601 e. The van der Waals surface area contributed by atoms with Crippen LogP contribution in [0.4, 0.5) is 0 Å². The van der Waals surface area contributed by atoms with Crippen LogP contribution in [0.2, 0.25) is 0 Å². The van der Waals surface area contributed by atoms with Gasteiger partial charge in [-0.25, -0.2) is 0 Å². The monoisotopic (exact) mass is 206 g/mol. The van der Waals surface area contributed by atoms with Crippen molar-refractivity contribution in [2.45, 2.75) is 38.0 Å². The summed E-state index contributed by atoms with van der Waals surface area (Å²) in [4.78, 5) is 4.34. The van der Waals surface area contributed by atoms with E-state index < -0.39 is 0 Å². The van der Waals surface area contributed by atoms with Crippen molar-refractivity contribution >= 4 is 0 Å². The highest BCUT2D eigenvalue weighted by molar-refractivity contribution is 5.08. The normalized spacial score (nSPS) is 27.1. The fraction of sp³-hybridized carbons (Fsp3) is 0.583. The maximum atomic E-state index is 5.25. The van der Waals surface area contributed by atoms with E-state index in [1.165, 1.54) is 0 Å². The smallest absolute Gasteiger partial charge is 0.0601 e. The van der Waals surface area contributed by atoms with E-state index in [1.54, 1.807) is 7.11 Å². The topological polar surface area (TPSA) is 34.1 Å². The third-order valence-electron chi connectivity index (χ3n) is 3.05. The lowest BCUT2D eigenvalue weighted by Gasteiger charge is -2.36. The molecule has 2 rings (SSSR count). The molecule has 0 unspecified atom stereocenters. The first-order valence-electron chi connectivity index (χ1n) is 5.49. The van der Waals surface area contributed by atoms with E-state index in [9.17, 15) is 0 Å². The minimum Gasteiger partial charge on any atom is -0.381 e. The van der Waals surface area contributed by atoms with Crippen molar-refractivity contribution in [2.24, 2.45) is 0 Å². The van der Waals surface area contributed by atoms with Crippen LogP contribution in [0, 0.1) is 0 Å². The molecular weight excluding hydrogens is 188 g/mol. The molecule has 0 saturated heterocycles. The van der Waals surface area contributed by atoms with E-state index in [0.717, 1.165) is 18.5 Å². The molecule has 1 heterocycles. The number of hydrogen-bond donors (Lipinski definition) is 1. The minimum atomic E-state index is 0.328. The van der Waals surface area contributed by atoms with Crippen LogP contribution in [-0.2, 0) is 4.74 Å². The van der Waals surface area contributed by atoms with Gasteiger partial charge in [0, 0.05) is 25.4 Å². The van der Waals surface area contributed by atoms with Crippen LogP contribution in [0.3, 0.4) is 0 Å². The summed E-state index contributed by atoms with van der Waals surface area (Å²) in [5.41, 5.74) is 1.11. The van der Waals surface area contributed by atoms with Crippen LogP contribution >= 0.6 is 0 Å². The van der Waals surface area contributed by atoms with E-state index >= 15 is 0 Å². The van der Waals surface area contributed by atoms with Gasteiger partial charge in [0.2, 0.25) is 0 Å². The molecule has 0 spiro atoms. The first kappa shape index (κ1) is 10.6. The summed E-state index contributed by atoms with van der Waals surface area (Å²) >= 11 is 0. The standard InChI is InChI=1S/C12H18N2O/c1-9(12-5-3-4-6-13-12)14-10-7-11(8-10)15-2/h3-6,9-11,14H,7-8H2,1-2H3/t9-,10?,11?/m0/s1. The van der Waals surface area contributed by atoms with Gasteiger partial charge in [-0.3, -0.25) is 4.98 Å². The van der Waals surface area contributed by atoms with E-state index in [1.807, 2.05) is 18.3 Å². The number of hydrogen-bond acceptors (Lipinski definition) is 3. The largest absolute Gasteiger partial charge is 0.381 e. The Morgan fingerprint density at radius 2 is 2.27 bits per heavy atom. The van der Waals surface area contributed by atoms with Crippen molar-refractivity contribution in [3.8, 4) is 0 Å². The zero-order chi connectivity index (χ0) is 10.7. The number of nitrogens with zero attached hydrogens (tertiary/aromatic N) is 1. The van der Waals surface area contributed by atoms with Crippen molar-refractivity contribution in [3.63, 3.8) is 0 Å². The van der Waals surface area contributed by atoms with Crippen molar-refractivity contribution < 1.29 is 4.74 Å². The van der Waals surface area contributed by atoms with Crippen LogP contribution in [0.5, 0.6) is 0 Å². The lowest BCUT2D eigenvalue weighted by atomic mass is 9.88. The molecular formula is C12H18N2O. The molecule has 1 aliphatic carbocycles. The maximum absolute atomic E-state index is 5.25. The zero-order valence-corrected chi connectivity index (χ0v) is 9.31. The van der Waals surface area contributed by atoms with Crippen LogP contribution in [-0.4, -0.2) is 24.2 Å². The zero-order valence-electron chi connectivity index (χ0n) is 9.31. The van der Waals surface area contributed by atoms with E-state index in [2.05, 4.69) is 23.3 Å². The second-order valence-electron chi connectivity index (χ2n) is 4.17. The Bertz CT molecular complexity index is 296. The van der Waals surface area contributed by atoms with Crippen LogP contribution in [0.25, 0.3) is 0 Å². The van der Waals surface area contributed by atoms with Gasteiger partial charge < -0.3 is 10.1 Å². The second-order valence-corrected chi connectivity index (χ2v) is 4.17. The lowest BCUT2D eigenvalue weighted by molar-refractivity contribution is 0.0146. The Hall–Kier alpha value is -0.930. The van der Waals surface area contributed by atoms with Crippen molar-refractivity contribution in [1.29, 1.82) is 0 Å². The molecule has 3 nitrogen and oxygen atoms in total. The van der Waals surface area contributed by atoms with Gasteiger partial charge in [0.15, 0.2) is 0 Å². The first-order valence-corrected chi connectivity index (χ1v) is 5.49. The summed E-state index contributed by atoms with van der Waals surface area (Å²) in [6.07, 6.45) is 4.53. The molecule has 3 heteroatoms. The van der Waals surface area contributed by atoms with Crippen molar-refractivity contribution in [2.75, 3.05) is 7.11 Å². The molecule has 15 heavy (non-hydrogen) atoms. The van der Waals surface area contributed by atoms with Gasteiger partial charge in [-0.1, -0.05) is 6.07 Å². The Labute approximate surface area is 90.9 Å². The Morgan fingerprint density at radius 3 is 2.87 bits per heavy atom. The van der Waals surface area contributed by atoms with Crippen molar-refractivity contribution in [3.05, 3.63) is 30.1 Å². The van der Waals surface area contributed by atoms with Crippen LogP contribution < -0.4 is 5.32 Å². The molecule has 0 bridgehead atoms. The summed E-state index contributed by atoms with van der Waals surface area (Å²) in [6, 6.07) is 6.95. The highest BCUT2D eigenvalue weighted by Crippen LogP contribution is 2.25. The fourth-order valence-electron chi connectivity index (χ4n) is 1.97. The molecule has 1 atom stereocenters. The molecule has 1 N–H and O–H groups in total. The molecule has 1 saturated carbocycles. The fourth-order valence-corrected chi connectivity index (χ4v) is 1.97. The number of rotatable bonds is 4. The highest BCUT2D eigenvalue weighted by atomic mass is 16.5. The molecule has 0 amide bonds. The average Bonchev–Trinajstić information content (AvgIpc) is 2.23. The summed E-state index contributed by atoms with van der Waals surface area (Å²) in [6.45, 7) is 2.16. The summed E-state index contributed by atoms with van der Waals surface area (Å²) in [5, 5.41) is 3.55. The molecule has 1 fully saturated rings. The Kier molecular flexibility index (Phi) is 3.34. The number of nitrogens with one attached hydrogen (secondary N) is 1. The summed E-state index contributed by atoms with van der Waals surface area (Å²) in [7, 11) is 1.78. The van der Waals surface area contributed by atoms with Crippen LogP contribution in [0.1, 0.15) is 31.5 Å². The number of methoxy groups -OCH3 is 1. The van der Waals surface area contributed by atoms with Crippen molar-refractivity contribution in [1.82, 2.24) is 10.3 Å². The first-order chi connectivity index (χ1) is 7.29.